The van der Waals surface area contributed by atoms with Gasteiger partial charge < -0.3 is 19.8 Å². The van der Waals surface area contributed by atoms with E-state index in [1.165, 1.54) is 19.3 Å². The van der Waals surface area contributed by atoms with Crippen molar-refractivity contribution in [3.05, 3.63) is 24.3 Å². The SMILES string of the molecule is OC[C@@H](O)c1nc2cnc3[nH]ccc3c2n1C1CCCCC1. The maximum absolute atomic E-state index is 10.2. The molecule has 3 aromatic heterocycles. The number of hydrogen-bond acceptors (Lipinski definition) is 4. The molecule has 0 saturated heterocycles. The molecule has 1 aliphatic rings. The molecule has 3 heterocycles. The maximum Gasteiger partial charge on any atom is 0.141 e. The molecule has 0 radical (unpaired) electrons. The highest BCUT2D eigenvalue weighted by Crippen LogP contribution is 2.36. The predicted molar refractivity (Wildman–Crippen MR) is 83.6 cm³/mol. The van der Waals surface area contributed by atoms with Crippen LogP contribution < -0.4 is 0 Å². The van der Waals surface area contributed by atoms with Crippen molar-refractivity contribution >= 4 is 22.1 Å². The van der Waals surface area contributed by atoms with Gasteiger partial charge in [-0.05, 0) is 18.9 Å². The van der Waals surface area contributed by atoms with Crippen LogP contribution in [-0.2, 0) is 0 Å². The molecule has 1 atom stereocenters. The molecule has 0 amide bonds. The van der Waals surface area contributed by atoms with E-state index in [1.807, 2.05) is 12.3 Å². The molecular weight excluding hydrogens is 280 g/mol. The molecule has 3 aromatic rings. The zero-order chi connectivity index (χ0) is 15.1. The van der Waals surface area contributed by atoms with Gasteiger partial charge in [0.2, 0.25) is 0 Å². The van der Waals surface area contributed by atoms with Gasteiger partial charge in [0.05, 0.1) is 18.3 Å². The van der Waals surface area contributed by atoms with Gasteiger partial charge in [0, 0.05) is 17.6 Å². The Labute approximate surface area is 127 Å². The third kappa shape index (κ3) is 2.02. The van der Waals surface area contributed by atoms with Crippen LogP contribution in [-0.4, -0.2) is 36.3 Å². The fraction of sp³-hybridized carbons (Fsp3) is 0.500. The Kier molecular flexibility index (Phi) is 3.35. The first-order valence-corrected chi connectivity index (χ1v) is 7.92. The Bertz CT molecular complexity index is 801. The maximum atomic E-state index is 10.2. The van der Waals surface area contributed by atoms with Gasteiger partial charge >= 0.3 is 0 Å². The highest BCUT2D eigenvalue weighted by molar-refractivity contribution is 6.01. The number of aliphatic hydroxyl groups is 2. The van der Waals surface area contributed by atoms with Crippen molar-refractivity contribution in [2.75, 3.05) is 6.61 Å². The van der Waals surface area contributed by atoms with Crippen LogP contribution in [0.4, 0.5) is 0 Å². The lowest BCUT2D eigenvalue weighted by Gasteiger charge is -2.26. The molecule has 116 valence electrons. The van der Waals surface area contributed by atoms with Crippen LogP contribution in [0, 0.1) is 0 Å². The van der Waals surface area contributed by atoms with Crippen LogP contribution in [0.1, 0.15) is 50.1 Å². The van der Waals surface area contributed by atoms with Gasteiger partial charge in [-0.25, -0.2) is 9.97 Å². The number of imidazole rings is 1. The first-order chi connectivity index (χ1) is 10.8. The molecule has 6 heteroatoms. The lowest BCUT2D eigenvalue weighted by atomic mass is 9.95. The Balaban J connectivity index is 2.00. The predicted octanol–water partition coefficient (Wildman–Crippen LogP) is 2.44. The summed E-state index contributed by atoms with van der Waals surface area (Å²) < 4.78 is 2.15. The van der Waals surface area contributed by atoms with E-state index >= 15 is 0 Å². The van der Waals surface area contributed by atoms with Gasteiger partial charge in [-0.15, -0.1) is 0 Å². The van der Waals surface area contributed by atoms with Crippen molar-refractivity contribution in [2.24, 2.45) is 0 Å². The van der Waals surface area contributed by atoms with Crippen molar-refractivity contribution in [3.8, 4) is 0 Å². The van der Waals surface area contributed by atoms with Crippen molar-refractivity contribution in [3.63, 3.8) is 0 Å². The molecule has 1 aliphatic carbocycles. The quantitative estimate of drug-likeness (QED) is 0.693. The van der Waals surface area contributed by atoms with E-state index in [2.05, 4.69) is 19.5 Å². The molecular formula is C16H20N4O2. The minimum atomic E-state index is -0.955. The van der Waals surface area contributed by atoms with Gasteiger partial charge in [-0.2, -0.15) is 0 Å². The lowest BCUT2D eigenvalue weighted by Crippen LogP contribution is -2.19. The molecule has 3 N–H and O–H groups in total. The van der Waals surface area contributed by atoms with Crippen molar-refractivity contribution < 1.29 is 10.2 Å². The summed E-state index contributed by atoms with van der Waals surface area (Å²) in [4.78, 5) is 12.1. The second kappa shape index (κ2) is 5.37. The van der Waals surface area contributed by atoms with Crippen molar-refractivity contribution in [1.29, 1.82) is 0 Å². The first-order valence-electron chi connectivity index (χ1n) is 7.92. The van der Waals surface area contributed by atoms with E-state index in [-0.39, 0.29) is 6.61 Å². The molecule has 6 nitrogen and oxygen atoms in total. The standard InChI is InChI=1S/C16H20N4O2/c21-9-13(22)16-19-12-8-18-15-11(6-7-17-15)14(12)20(16)10-4-2-1-3-5-10/h6-8,10,13,21-22H,1-5,9H2,(H,17,18)/t13-/m1/s1. The van der Waals surface area contributed by atoms with E-state index < -0.39 is 6.10 Å². The summed E-state index contributed by atoms with van der Waals surface area (Å²) in [7, 11) is 0. The van der Waals surface area contributed by atoms with Crippen LogP contribution >= 0.6 is 0 Å². The number of aliphatic hydroxyl groups excluding tert-OH is 2. The fourth-order valence-corrected chi connectivity index (χ4v) is 3.64. The summed E-state index contributed by atoms with van der Waals surface area (Å²) in [5.41, 5.74) is 2.62. The molecule has 0 aromatic carbocycles. The largest absolute Gasteiger partial charge is 0.393 e. The number of fused-ring (bicyclic) bond motifs is 3. The Morgan fingerprint density at radius 3 is 2.91 bits per heavy atom. The Morgan fingerprint density at radius 1 is 1.32 bits per heavy atom. The highest BCUT2D eigenvalue weighted by Gasteiger charge is 2.26. The molecule has 0 spiro atoms. The topological polar surface area (TPSA) is 87.0 Å². The monoisotopic (exact) mass is 300 g/mol. The third-order valence-electron chi connectivity index (χ3n) is 4.67. The fourth-order valence-electron chi connectivity index (χ4n) is 3.64. The second-order valence-corrected chi connectivity index (χ2v) is 6.06. The lowest BCUT2D eigenvalue weighted by molar-refractivity contribution is 0.0837. The van der Waals surface area contributed by atoms with Gasteiger partial charge in [0.1, 0.15) is 23.1 Å². The summed E-state index contributed by atoms with van der Waals surface area (Å²) in [6.45, 7) is -0.320. The number of hydrogen-bond donors (Lipinski definition) is 3. The number of rotatable bonds is 3. The smallest absolute Gasteiger partial charge is 0.141 e. The van der Waals surface area contributed by atoms with E-state index in [1.54, 1.807) is 6.20 Å². The molecule has 22 heavy (non-hydrogen) atoms. The van der Waals surface area contributed by atoms with E-state index in [0.717, 1.165) is 34.9 Å². The van der Waals surface area contributed by atoms with Crippen LogP contribution in [0.25, 0.3) is 22.1 Å². The number of pyridine rings is 1. The molecule has 4 rings (SSSR count). The van der Waals surface area contributed by atoms with Crippen LogP contribution in [0.2, 0.25) is 0 Å². The summed E-state index contributed by atoms with van der Waals surface area (Å²) in [6, 6.07) is 2.33. The normalized spacial score (nSPS) is 18.3. The molecule has 0 bridgehead atoms. The Morgan fingerprint density at radius 2 is 2.14 bits per heavy atom. The summed E-state index contributed by atoms with van der Waals surface area (Å²) in [5.74, 6) is 0.555. The van der Waals surface area contributed by atoms with E-state index in [0.29, 0.717) is 11.9 Å². The molecule has 1 fully saturated rings. The second-order valence-electron chi connectivity index (χ2n) is 6.06. The third-order valence-corrected chi connectivity index (χ3v) is 4.67. The average molecular weight is 300 g/mol. The number of nitrogens with one attached hydrogen (secondary N) is 1. The van der Waals surface area contributed by atoms with E-state index in [9.17, 15) is 10.2 Å². The minimum Gasteiger partial charge on any atom is -0.393 e. The van der Waals surface area contributed by atoms with E-state index in [4.69, 9.17) is 0 Å². The van der Waals surface area contributed by atoms with Gasteiger partial charge in [0.15, 0.2) is 0 Å². The summed E-state index contributed by atoms with van der Waals surface area (Å²) in [5, 5.41) is 20.6. The van der Waals surface area contributed by atoms with Gasteiger partial charge in [-0.1, -0.05) is 19.3 Å². The van der Waals surface area contributed by atoms with Crippen LogP contribution in [0.15, 0.2) is 18.5 Å². The highest BCUT2D eigenvalue weighted by atomic mass is 16.3. The number of aromatic nitrogens is 4. The molecule has 0 aliphatic heterocycles. The zero-order valence-electron chi connectivity index (χ0n) is 12.4. The summed E-state index contributed by atoms with van der Waals surface area (Å²) >= 11 is 0. The van der Waals surface area contributed by atoms with Crippen molar-refractivity contribution in [2.45, 2.75) is 44.2 Å². The van der Waals surface area contributed by atoms with Crippen LogP contribution in [0.3, 0.4) is 0 Å². The minimum absolute atomic E-state index is 0.320. The van der Waals surface area contributed by atoms with Gasteiger partial charge in [-0.3, -0.25) is 0 Å². The zero-order valence-corrected chi connectivity index (χ0v) is 12.4. The first kappa shape index (κ1) is 13.7. The summed E-state index contributed by atoms with van der Waals surface area (Å²) in [6.07, 6.45) is 8.49. The van der Waals surface area contributed by atoms with Crippen LogP contribution in [0.5, 0.6) is 0 Å². The molecule has 1 saturated carbocycles. The number of aromatic amines is 1. The number of H-pyrrole nitrogens is 1. The number of nitrogens with zero attached hydrogens (tertiary/aromatic N) is 3. The molecule has 0 unspecified atom stereocenters. The average Bonchev–Trinajstić information content (AvgIpc) is 3.18. The van der Waals surface area contributed by atoms with Crippen molar-refractivity contribution in [1.82, 2.24) is 19.5 Å². The van der Waals surface area contributed by atoms with Gasteiger partial charge in [0.25, 0.3) is 0 Å². The Hall–Kier alpha value is -1.92.